The first-order valence-electron chi connectivity index (χ1n) is 8.57. The maximum absolute atomic E-state index is 12.8. The second-order valence-corrected chi connectivity index (χ2v) is 8.61. The van der Waals surface area contributed by atoms with Crippen molar-refractivity contribution in [2.75, 3.05) is 10.6 Å². The second kappa shape index (κ2) is 9.27. The minimum absolute atomic E-state index is 0.0970. The third-order valence-electron chi connectivity index (χ3n) is 3.80. The molecule has 152 valence electrons. The zero-order chi connectivity index (χ0) is 20.9. The fourth-order valence-electron chi connectivity index (χ4n) is 2.32. The molecule has 1 atom stereocenters. The Bertz CT molecular complexity index is 963. The first-order valence-corrected chi connectivity index (χ1v) is 10.3. The van der Waals surface area contributed by atoms with E-state index in [2.05, 4.69) is 20.8 Å². The van der Waals surface area contributed by atoms with Crippen molar-refractivity contribution in [2.24, 2.45) is 0 Å². The summed E-state index contributed by atoms with van der Waals surface area (Å²) in [6, 6.07) is 14.4. The number of hydrogen-bond donors (Lipinski definition) is 2. The van der Waals surface area contributed by atoms with E-state index in [9.17, 15) is 18.0 Å². The predicted molar refractivity (Wildman–Crippen MR) is 109 cm³/mol. The molecule has 29 heavy (non-hydrogen) atoms. The molecule has 1 aromatic heterocycles. The summed E-state index contributed by atoms with van der Waals surface area (Å²) in [7, 11) is 0. The van der Waals surface area contributed by atoms with E-state index in [1.165, 1.54) is 35.2 Å². The van der Waals surface area contributed by atoms with E-state index < -0.39 is 22.9 Å². The molecule has 0 bridgehead atoms. The summed E-state index contributed by atoms with van der Waals surface area (Å²) < 4.78 is 39.0. The smallest absolute Gasteiger partial charge is 0.356 e. The van der Waals surface area contributed by atoms with Gasteiger partial charge in [0.15, 0.2) is 4.34 Å². The number of nitrogens with zero attached hydrogens (tertiary/aromatic N) is 2. The Morgan fingerprint density at radius 2 is 1.90 bits per heavy atom. The van der Waals surface area contributed by atoms with Gasteiger partial charge in [0.25, 0.3) is 0 Å². The van der Waals surface area contributed by atoms with Crippen molar-refractivity contribution in [1.29, 1.82) is 0 Å². The van der Waals surface area contributed by atoms with Crippen LogP contribution in [0.25, 0.3) is 0 Å². The van der Waals surface area contributed by atoms with Crippen LogP contribution in [0.1, 0.15) is 18.1 Å². The van der Waals surface area contributed by atoms with Gasteiger partial charge in [-0.2, -0.15) is 13.2 Å². The van der Waals surface area contributed by atoms with E-state index >= 15 is 0 Å². The third-order valence-corrected chi connectivity index (χ3v) is 5.86. The lowest BCUT2D eigenvalue weighted by molar-refractivity contribution is -0.137. The number of rotatable bonds is 7. The quantitative estimate of drug-likeness (QED) is 0.491. The molecule has 0 aliphatic heterocycles. The Hall–Kier alpha value is -2.59. The Balaban J connectivity index is 1.54. The number of carbonyl (C=O) groups excluding carboxylic acids is 1. The molecule has 0 aliphatic carbocycles. The van der Waals surface area contributed by atoms with Crippen molar-refractivity contribution < 1.29 is 18.0 Å². The van der Waals surface area contributed by atoms with Gasteiger partial charge in [-0.05, 0) is 30.7 Å². The molecule has 1 heterocycles. The van der Waals surface area contributed by atoms with Crippen molar-refractivity contribution in [3.63, 3.8) is 0 Å². The number of thioether (sulfide) groups is 1. The van der Waals surface area contributed by atoms with E-state index in [0.717, 1.165) is 17.7 Å². The van der Waals surface area contributed by atoms with E-state index in [1.807, 2.05) is 30.3 Å². The van der Waals surface area contributed by atoms with Gasteiger partial charge in [0.05, 0.1) is 10.8 Å². The Kier molecular flexibility index (Phi) is 6.75. The summed E-state index contributed by atoms with van der Waals surface area (Å²) in [6.07, 6.45) is -4.46. The SMILES string of the molecule is C[C@@H](Sc1nnc(NCc2ccccc2)s1)C(=O)Nc1cccc(C(F)(F)F)c1. The van der Waals surface area contributed by atoms with Crippen LogP contribution in [0.4, 0.5) is 24.0 Å². The van der Waals surface area contributed by atoms with Crippen molar-refractivity contribution in [3.8, 4) is 0 Å². The Labute approximate surface area is 173 Å². The van der Waals surface area contributed by atoms with Crippen LogP contribution < -0.4 is 10.6 Å². The van der Waals surface area contributed by atoms with Crippen LogP contribution in [0.5, 0.6) is 0 Å². The number of hydrogen-bond acceptors (Lipinski definition) is 6. The Morgan fingerprint density at radius 1 is 1.14 bits per heavy atom. The maximum Gasteiger partial charge on any atom is 0.416 e. The molecule has 10 heteroatoms. The van der Waals surface area contributed by atoms with Crippen molar-refractivity contribution >= 4 is 39.8 Å². The van der Waals surface area contributed by atoms with Crippen LogP contribution >= 0.6 is 23.1 Å². The molecule has 3 rings (SSSR count). The number of amides is 1. The third kappa shape index (κ3) is 6.20. The van der Waals surface area contributed by atoms with Crippen LogP contribution in [0.3, 0.4) is 0 Å². The van der Waals surface area contributed by atoms with E-state index in [4.69, 9.17) is 0 Å². The van der Waals surface area contributed by atoms with E-state index in [1.54, 1.807) is 6.92 Å². The molecule has 0 aliphatic rings. The molecule has 0 unspecified atom stereocenters. The molecule has 0 radical (unpaired) electrons. The zero-order valence-corrected chi connectivity index (χ0v) is 16.9. The number of alkyl halides is 3. The lowest BCUT2D eigenvalue weighted by atomic mass is 10.2. The highest BCUT2D eigenvalue weighted by atomic mass is 32.2. The minimum Gasteiger partial charge on any atom is -0.356 e. The summed E-state index contributed by atoms with van der Waals surface area (Å²) in [6.45, 7) is 2.26. The molecular weight excluding hydrogens is 421 g/mol. The summed E-state index contributed by atoms with van der Waals surface area (Å²) in [5.41, 5.74) is 0.388. The fraction of sp³-hybridized carbons (Fsp3) is 0.211. The summed E-state index contributed by atoms with van der Waals surface area (Å²) in [5, 5.41) is 13.8. The van der Waals surface area contributed by atoms with Crippen LogP contribution in [-0.2, 0) is 17.5 Å². The van der Waals surface area contributed by atoms with Gasteiger partial charge in [-0.3, -0.25) is 4.79 Å². The average Bonchev–Trinajstić information content (AvgIpc) is 3.14. The number of carbonyl (C=O) groups is 1. The molecule has 0 saturated heterocycles. The zero-order valence-electron chi connectivity index (χ0n) is 15.2. The van der Waals surface area contributed by atoms with Gasteiger partial charge < -0.3 is 10.6 Å². The number of benzene rings is 2. The molecule has 0 saturated carbocycles. The molecule has 1 amide bonds. The lowest BCUT2D eigenvalue weighted by Gasteiger charge is -2.12. The first kappa shape index (κ1) is 21.1. The molecule has 3 aromatic rings. The van der Waals surface area contributed by atoms with Gasteiger partial charge in [0.1, 0.15) is 0 Å². The minimum atomic E-state index is -4.46. The van der Waals surface area contributed by atoms with Gasteiger partial charge in [-0.25, -0.2) is 0 Å². The Morgan fingerprint density at radius 3 is 2.62 bits per heavy atom. The van der Waals surface area contributed by atoms with E-state index in [-0.39, 0.29) is 5.69 Å². The summed E-state index contributed by atoms with van der Waals surface area (Å²) in [4.78, 5) is 12.3. The highest BCUT2D eigenvalue weighted by molar-refractivity contribution is 8.02. The monoisotopic (exact) mass is 438 g/mol. The van der Waals surface area contributed by atoms with E-state index in [0.29, 0.717) is 16.0 Å². The highest BCUT2D eigenvalue weighted by Gasteiger charge is 2.30. The maximum atomic E-state index is 12.8. The largest absolute Gasteiger partial charge is 0.416 e. The summed E-state index contributed by atoms with van der Waals surface area (Å²) >= 11 is 2.50. The van der Waals surface area contributed by atoms with Gasteiger partial charge in [0.2, 0.25) is 11.0 Å². The predicted octanol–water partition coefficient (Wildman–Crippen LogP) is 5.29. The van der Waals surface area contributed by atoms with Crippen LogP contribution in [0.2, 0.25) is 0 Å². The standard InChI is InChI=1S/C19H17F3N4OS2/c1-12(16(27)24-15-9-5-8-14(10-15)19(20,21)22)28-18-26-25-17(29-18)23-11-13-6-3-2-4-7-13/h2-10,12H,11H2,1H3,(H,23,25)(H,24,27)/t12-/m1/s1. The number of anilines is 2. The van der Waals surface area contributed by atoms with Crippen LogP contribution in [0, 0.1) is 0 Å². The average molecular weight is 439 g/mol. The number of nitrogens with one attached hydrogen (secondary N) is 2. The topological polar surface area (TPSA) is 66.9 Å². The van der Waals surface area contributed by atoms with Crippen molar-refractivity contribution in [2.45, 2.75) is 29.2 Å². The van der Waals surface area contributed by atoms with Crippen LogP contribution in [0.15, 0.2) is 58.9 Å². The molecule has 5 nitrogen and oxygen atoms in total. The van der Waals surface area contributed by atoms with Crippen LogP contribution in [-0.4, -0.2) is 21.4 Å². The normalized spacial score (nSPS) is 12.4. The molecule has 0 fully saturated rings. The van der Waals surface area contributed by atoms with Gasteiger partial charge in [-0.15, -0.1) is 10.2 Å². The second-order valence-electron chi connectivity index (χ2n) is 6.04. The number of halogens is 3. The molecule has 2 aromatic carbocycles. The molecule has 0 spiro atoms. The first-order chi connectivity index (χ1) is 13.8. The molecule has 2 N–H and O–H groups in total. The van der Waals surface area contributed by atoms with Gasteiger partial charge >= 0.3 is 6.18 Å². The fourth-order valence-corrected chi connectivity index (χ4v) is 4.22. The van der Waals surface area contributed by atoms with Crippen molar-refractivity contribution in [1.82, 2.24) is 10.2 Å². The highest BCUT2D eigenvalue weighted by Crippen LogP contribution is 2.32. The van der Waals surface area contributed by atoms with Crippen molar-refractivity contribution in [3.05, 3.63) is 65.7 Å². The van der Waals surface area contributed by atoms with Gasteiger partial charge in [0, 0.05) is 12.2 Å². The lowest BCUT2D eigenvalue weighted by Crippen LogP contribution is -2.22. The van der Waals surface area contributed by atoms with Gasteiger partial charge in [-0.1, -0.05) is 59.5 Å². The molecular formula is C19H17F3N4OS2. The summed E-state index contributed by atoms with van der Waals surface area (Å²) in [5.74, 6) is -0.414. The number of aromatic nitrogens is 2.